The molecule has 0 aromatic heterocycles. The molecule has 1 aromatic rings. The van der Waals surface area contributed by atoms with Gasteiger partial charge in [-0.1, -0.05) is 25.1 Å². The molecular formula is C17H25IN4O. The lowest BCUT2D eigenvalue weighted by atomic mass is 9.91. The summed E-state index contributed by atoms with van der Waals surface area (Å²) in [5.41, 5.74) is 8.21. The normalized spacial score (nSPS) is 22.1. The van der Waals surface area contributed by atoms with Crippen molar-refractivity contribution < 1.29 is 4.79 Å². The molecule has 1 atom stereocenters. The van der Waals surface area contributed by atoms with Crippen molar-refractivity contribution in [1.29, 1.82) is 0 Å². The molecule has 126 valence electrons. The summed E-state index contributed by atoms with van der Waals surface area (Å²) in [7, 11) is 0. The Kier molecular flexibility index (Phi) is 6.26. The van der Waals surface area contributed by atoms with Gasteiger partial charge < -0.3 is 16.0 Å². The number of anilines is 1. The first-order valence-corrected chi connectivity index (χ1v) is 8.07. The Bertz CT molecular complexity index is 582. The van der Waals surface area contributed by atoms with E-state index in [1.54, 1.807) is 0 Å². The van der Waals surface area contributed by atoms with Crippen molar-refractivity contribution in [1.82, 2.24) is 4.90 Å². The molecule has 0 spiro atoms. The number of carbonyl (C=O) groups is 1. The van der Waals surface area contributed by atoms with Crippen LogP contribution in [0.25, 0.3) is 0 Å². The smallest absolute Gasteiger partial charge is 0.225 e. The highest BCUT2D eigenvalue weighted by Crippen LogP contribution is 2.32. The van der Waals surface area contributed by atoms with Crippen molar-refractivity contribution in [3.63, 3.8) is 0 Å². The fraction of sp³-hybridized carbons (Fsp3) is 0.529. The van der Waals surface area contributed by atoms with Crippen LogP contribution in [0, 0.1) is 5.92 Å². The van der Waals surface area contributed by atoms with Gasteiger partial charge >= 0.3 is 0 Å². The molecule has 0 radical (unpaired) electrons. The molecule has 3 N–H and O–H groups in total. The Morgan fingerprint density at radius 3 is 2.78 bits per heavy atom. The number of nitrogens with two attached hydrogens (primary N) is 1. The Labute approximate surface area is 154 Å². The van der Waals surface area contributed by atoms with Gasteiger partial charge in [-0.05, 0) is 30.4 Å². The summed E-state index contributed by atoms with van der Waals surface area (Å²) in [4.78, 5) is 18.5. The average Bonchev–Trinajstić information content (AvgIpc) is 2.52. The van der Waals surface area contributed by atoms with Gasteiger partial charge in [-0.25, -0.2) is 0 Å². The van der Waals surface area contributed by atoms with Crippen molar-refractivity contribution in [2.75, 3.05) is 25.0 Å². The monoisotopic (exact) mass is 428 g/mol. The Morgan fingerprint density at radius 1 is 1.35 bits per heavy atom. The Morgan fingerprint density at radius 2 is 2.04 bits per heavy atom. The zero-order chi connectivity index (χ0) is 15.5. The molecule has 0 aliphatic carbocycles. The highest BCUT2D eigenvalue weighted by molar-refractivity contribution is 14.0. The van der Waals surface area contributed by atoms with Crippen LogP contribution in [0.2, 0.25) is 0 Å². The molecule has 2 aliphatic rings. The van der Waals surface area contributed by atoms with Crippen LogP contribution in [-0.2, 0) is 4.79 Å². The lowest BCUT2D eigenvalue weighted by Gasteiger charge is -2.31. The number of nitrogens with zero attached hydrogens (tertiary/aromatic N) is 2. The number of rotatable bonds is 2. The van der Waals surface area contributed by atoms with Gasteiger partial charge in [0.15, 0.2) is 5.96 Å². The van der Waals surface area contributed by atoms with Crippen molar-refractivity contribution in [3.8, 4) is 0 Å². The van der Waals surface area contributed by atoms with Gasteiger partial charge in [0.25, 0.3) is 0 Å². The van der Waals surface area contributed by atoms with E-state index in [2.05, 4.69) is 28.2 Å². The number of hydrogen-bond donors (Lipinski definition) is 2. The molecule has 1 fully saturated rings. The van der Waals surface area contributed by atoms with Gasteiger partial charge in [-0.2, -0.15) is 0 Å². The minimum atomic E-state index is 0. The van der Waals surface area contributed by atoms with Crippen LogP contribution in [0.3, 0.4) is 0 Å². The maximum Gasteiger partial charge on any atom is 0.225 e. The number of nitrogens with one attached hydrogen (secondary N) is 1. The molecule has 5 nitrogen and oxygen atoms in total. The third kappa shape index (κ3) is 4.37. The average molecular weight is 428 g/mol. The second-order valence-corrected chi connectivity index (χ2v) is 6.40. The third-order valence-corrected chi connectivity index (χ3v) is 4.69. The predicted octanol–water partition coefficient (Wildman–Crippen LogP) is 2.78. The maximum absolute atomic E-state index is 11.8. The zero-order valence-electron chi connectivity index (χ0n) is 13.5. The summed E-state index contributed by atoms with van der Waals surface area (Å²) >= 11 is 0. The number of aliphatic imine (C=N–C) groups is 1. The van der Waals surface area contributed by atoms with Crippen molar-refractivity contribution >= 4 is 41.5 Å². The van der Waals surface area contributed by atoms with Crippen LogP contribution in [0.5, 0.6) is 0 Å². The topological polar surface area (TPSA) is 70.7 Å². The number of halogens is 1. The van der Waals surface area contributed by atoms with Gasteiger partial charge in [0.2, 0.25) is 5.91 Å². The third-order valence-electron chi connectivity index (χ3n) is 4.69. The SMILES string of the molecule is CC1CCN(C(N)=NCC2CC(=O)Nc3ccccc32)CC1.I. The quantitative estimate of drug-likeness (QED) is 0.433. The standard InChI is InChI=1S/C17H24N4O.HI/c1-12-6-8-21(9-7-12)17(18)19-11-13-10-16(22)20-15-5-3-2-4-14(13)15;/h2-5,12-13H,6-11H2,1H3,(H2,18,19)(H,20,22);1H. The van der Waals surface area contributed by atoms with Crippen LogP contribution in [0.15, 0.2) is 29.3 Å². The number of guanidine groups is 1. The van der Waals surface area contributed by atoms with E-state index in [1.165, 1.54) is 12.8 Å². The molecule has 1 saturated heterocycles. The van der Waals surface area contributed by atoms with Gasteiger partial charge in [0, 0.05) is 31.1 Å². The first-order valence-electron chi connectivity index (χ1n) is 8.07. The molecule has 1 unspecified atom stereocenters. The number of fused-ring (bicyclic) bond motifs is 1. The predicted molar refractivity (Wildman–Crippen MR) is 104 cm³/mol. The molecule has 6 heteroatoms. The number of carbonyl (C=O) groups excluding carboxylic acids is 1. The summed E-state index contributed by atoms with van der Waals surface area (Å²) in [5, 5.41) is 2.92. The number of likely N-dealkylation sites (tertiary alicyclic amines) is 1. The largest absolute Gasteiger partial charge is 0.370 e. The molecule has 0 saturated carbocycles. The van der Waals surface area contributed by atoms with Crippen LogP contribution in [0.4, 0.5) is 5.69 Å². The van der Waals surface area contributed by atoms with E-state index in [-0.39, 0.29) is 35.8 Å². The lowest BCUT2D eigenvalue weighted by Crippen LogP contribution is -2.42. The highest BCUT2D eigenvalue weighted by atomic mass is 127. The molecule has 2 aliphatic heterocycles. The summed E-state index contributed by atoms with van der Waals surface area (Å²) in [6.45, 7) is 4.82. The number of piperidine rings is 1. The molecule has 1 aromatic carbocycles. The van der Waals surface area contributed by atoms with Crippen molar-refractivity contribution in [2.45, 2.75) is 32.1 Å². The van der Waals surface area contributed by atoms with E-state index in [0.717, 1.165) is 30.3 Å². The molecule has 23 heavy (non-hydrogen) atoms. The van der Waals surface area contributed by atoms with E-state index in [1.807, 2.05) is 18.2 Å². The van der Waals surface area contributed by atoms with Gasteiger partial charge in [-0.15, -0.1) is 24.0 Å². The highest BCUT2D eigenvalue weighted by Gasteiger charge is 2.25. The van der Waals surface area contributed by atoms with E-state index in [4.69, 9.17) is 5.73 Å². The first kappa shape index (κ1) is 18.0. The molecule has 3 rings (SSSR count). The van der Waals surface area contributed by atoms with Gasteiger partial charge in [0.1, 0.15) is 0 Å². The van der Waals surface area contributed by atoms with E-state index >= 15 is 0 Å². The number of amides is 1. The van der Waals surface area contributed by atoms with Crippen LogP contribution < -0.4 is 11.1 Å². The van der Waals surface area contributed by atoms with E-state index < -0.39 is 0 Å². The zero-order valence-corrected chi connectivity index (χ0v) is 15.8. The van der Waals surface area contributed by atoms with E-state index in [0.29, 0.717) is 18.9 Å². The van der Waals surface area contributed by atoms with Crippen LogP contribution in [0.1, 0.15) is 37.7 Å². The van der Waals surface area contributed by atoms with Crippen LogP contribution in [-0.4, -0.2) is 36.4 Å². The second kappa shape index (κ2) is 7.99. The Balaban J connectivity index is 0.00000192. The molecule has 2 heterocycles. The number of para-hydroxylation sites is 1. The second-order valence-electron chi connectivity index (χ2n) is 6.40. The minimum Gasteiger partial charge on any atom is -0.370 e. The maximum atomic E-state index is 11.8. The summed E-state index contributed by atoms with van der Waals surface area (Å²) in [5.74, 6) is 1.57. The van der Waals surface area contributed by atoms with E-state index in [9.17, 15) is 4.79 Å². The number of hydrogen-bond acceptors (Lipinski definition) is 2. The summed E-state index contributed by atoms with van der Waals surface area (Å²) in [6, 6.07) is 7.95. The number of benzene rings is 1. The lowest BCUT2D eigenvalue weighted by molar-refractivity contribution is -0.116. The van der Waals surface area contributed by atoms with Crippen molar-refractivity contribution in [2.24, 2.45) is 16.6 Å². The molecule has 0 bridgehead atoms. The fourth-order valence-electron chi connectivity index (χ4n) is 3.21. The molecular weight excluding hydrogens is 403 g/mol. The van der Waals surface area contributed by atoms with Gasteiger partial charge in [-0.3, -0.25) is 9.79 Å². The summed E-state index contributed by atoms with van der Waals surface area (Å²) < 4.78 is 0. The van der Waals surface area contributed by atoms with Crippen molar-refractivity contribution in [3.05, 3.63) is 29.8 Å². The summed E-state index contributed by atoms with van der Waals surface area (Å²) in [6.07, 6.45) is 2.82. The van der Waals surface area contributed by atoms with Crippen LogP contribution >= 0.6 is 24.0 Å². The molecule has 1 amide bonds. The Hall–Kier alpha value is -1.31. The first-order chi connectivity index (χ1) is 10.6. The minimum absolute atomic E-state index is 0. The van der Waals surface area contributed by atoms with Gasteiger partial charge in [0.05, 0.1) is 6.54 Å². The fourth-order valence-corrected chi connectivity index (χ4v) is 3.21.